The van der Waals surface area contributed by atoms with Gasteiger partial charge in [-0.2, -0.15) is 5.10 Å². The summed E-state index contributed by atoms with van der Waals surface area (Å²) < 4.78 is 3.83. The van der Waals surface area contributed by atoms with Crippen LogP contribution in [0.5, 0.6) is 0 Å². The van der Waals surface area contributed by atoms with Gasteiger partial charge in [-0.05, 0) is 29.8 Å². The van der Waals surface area contributed by atoms with Gasteiger partial charge in [-0.3, -0.25) is 4.79 Å². The lowest BCUT2D eigenvalue weighted by Crippen LogP contribution is -2.19. The number of aromatic nitrogens is 3. The normalized spacial score (nSPS) is 11.1. The number of thioether (sulfide) groups is 1. The Morgan fingerprint density at radius 2 is 1.96 bits per heavy atom. The molecule has 0 atom stereocenters. The van der Waals surface area contributed by atoms with Crippen molar-refractivity contribution < 1.29 is 4.79 Å². The van der Waals surface area contributed by atoms with E-state index in [9.17, 15) is 4.79 Å². The van der Waals surface area contributed by atoms with Gasteiger partial charge in [0.25, 0.3) is 5.91 Å². The zero-order valence-electron chi connectivity index (χ0n) is 14.3. The van der Waals surface area contributed by atoms with Crippen LogP contribution < -0.4 is 5.43 Å². The number of carbonyl (C=O) groups excluding carboxylic acids is 1. The van der Waals surface area contributed by atoms with E-state index in [-0.39, 0.29) is 11.7 Å². The molecule has 2 aromatic carbocycles. The number of nitrogens with zero attached hydrogens (tertiary/aromatic N) is 4. The smallest absolute Gasteiger partial charge is 0.250 e. The molecular formula is C18H15Br2N5OS. The minimum absolute atomic E-state index is 0.197. The van der Waals surface area contributed by atoms with Crippen LogP contribution in [0.1, 0.15) is 5.56 Å². The van der Waals surface area contributed by atoms with E-state index in [1.165, 1.54) is 11.8 Å². The number of nitrogens with one attached hydrogen (secondary N) is 1. The van der Waals surface area contributed by atoms with E-state index in [1.807, 2.05) is 60.1 Å². The molecule has 3 aromatic rings. The largest absolute Gasteiger partial charge is 0.305 e. The zero-order valence-corrected chi connectivity index (χ0v) is 18.3. The summed E-state index contributed by atoms with van der Waals surface area (Å²) in [6.45, 7) is 0. The Labute approximate surface area is 177 Å². The van der Waals surface area contributed by atoms with Gasteiger partial charge >= 0.3 is 0 Å². The quantitative estimate of drug-likeness (QED) is 0.307. The molecule has 6 nitrogen and oxygen atoms in total. The third kappa shape index (κ3) is 5.50. The van der Waals surface area contributed by atoms with Gasteiger partial charge in [0.05, 0.1) is 12.0 Å². The first kappa shape index (κ1) is 19.8. The van der Waals surface area contributed by atoms with E-state index in [0.717, 1.165) is 25.9 Å². The average Bonchev–Trinajstić information content (AvgIpc) is 3.01. The van der Waals surface area contributed by atoms with Gasteiger partial charge in [-0.1, -0.05) is 67.9 Å². The molecule has 0 spiro atoms. The van der Waals surface area contributed by atoms with E-state index in [4.69, 9.17) is 0 Å². The second kappa shape index (κ2) is 9.29. The van der Waals surface area contributed by atoms with E-state index >= 15 is 0 Å². The number of hydrazone groups is 1. The molecule has 0 radical (unpaired) electrons. The fourth-order valence-corrected chi connectivity index (χ4v) is 3.60. The Bertz CT molecular complexity index is 972. The average molecular weight is 509 g/mol. The first-order valence-corrected chi connectivity index (χ1v) is 10.5. The van der Waals surface area contributed by atoms with Crippen LogP contribution in [0.25, 0.3) is 11.4 Å². The highest BCUT2D eigenvalue weighted by Gasteiger charge is 2.12. The highest BCUT2D eigenvalue weighted by Crippen LogP contribution is 2.23. The number of halogens is 2. The van der Waals surface area contributed by atoms with Gasteiger partial charge < -0.3 is 4.57 Å². The molecule has 1 aromatic heterocycles. The van der Waals surface area contributed by atoms with Gasteiger partial charge in [0, 0.05) is 21.6 Å². The van der Waals surface area contributed by atoms with Crippen molar-refractivity contribution >= 4 is 55.7 Å². The summed E-state index contributed by atoms with van der Waals surface area (Å²) in [5.74, 6) is 0.736. The Morgan fingerprint density at radius 3 is 2.70 bits per heavy atom. The predicted octanol–water partition coefficient (Wildman–Crippen LogP) is 4.25. The lowest BCUT2D eigenvalue weighted by Gasteiger charge is -2.04. The van der Waals surface area contributed by atoms with E-state index in [1.54, 1.807) is 6.21 Å². The van der Waals surface area contributed by atoms with Crippen LogP contribution in [0.4, 0.5) is 0 Å². The lowest BCUT2D eigenvalue weighted by atomic mass is 10.2. The summed E-state index contributed by atoms with van der Waals surface area (Å²) in [6, 6.07) is 15.5. The van der Waals surface area contributed by atoms with Crippen molar-refractivity contribution in [1.82, 2.24) is 20.2 Å². The molecular weight excluding hydrogens is 494 g/mol. The highest BCUT2D eigenvalue weighted by atomic mass is 79.9. The molecule has 138 valence electrons. The van der Waals surface area contributed by atoms with E-state index in [0.29, 0.717) is 5.16 Å². The number of rotatable bonds is 6. The Kier molecular flexibility index (Phi) is 6.81. The van der Waals surface area contributed by atoms with Crippen molar-refractivity contribution in [2.75, 3.05) is 5.75 Å². The van der Waals surface area contributed by atoms with Gasteiger partial charge in [0.2, 0.25) is 0 Å². The van der Waals surface area contributed by atoms with Crippen molar-refractivity contribution in [1.29, 1.82) is 0 Å². The number of hydrogen-bond acceptors (Lipinski definition) is 5. The molecule has 0 aliphatic heterocycles. The van der Waals surface area contributed by atoms with Crippen LogP contribution in [-0.4, -0.2) is 32.6 Å². The van der Waals surface area contributed by atoms with Gasteiger partial charge in [0.1, 0.15) is 0 Å². The monoisotopic (exact) mass is 507 g/mol. The molecule has 0 fully saturated rings. The molecule has 0 aliphatic rings. The van der Waals surface area contributed by atoms with Gasteiger partial charge in [-0.15, -0.1) is 10.2 Å². The molecule has 0 aliphatic carbocycles. The van der Waals surface area contributed by atoms with E-state index < -0.39 is 0 Å². The Balaban J connectivity index is 1.55. The molecule has 0 saturated heterocycles. The van der Waals surface area contributed by atoms with Crippen molar-refractivity contribution in [3.05, 3.63) is 63.0 Å². The molecule has 9 heteroatoms. The fourth-order valence-electron chi connectivity index (χ4n) is 2.22. The number of hydrogen-bond donors (Lipinski definition) is 1. The molecule has 0 bridgehead atoms. The number of carbonyl (C=O) groups is 1. The zero-order chi connectivity index (χ0) is 19.2. The third-order valence-corrected chi connectivity index (χ3v) is 5.56. The maximum atomic E-state index is 12.0. The molecule has 0 saturated carbocycles. The third-order valence-electron chi connectivity index (χ3n) is 3.52. The minimum atomic E-state index is -0.209. The van der Waals surface area contributed by atoms with Crippen molar-refractivity contribution in [3.8, 4) is 11.4 Å². The molecule has 3 rings (SSSR count). The summed E-state index contributed by atoms with van der Waals surface area (Å²) >= 11 is 8.12. The summed E-state index contributed by atoms with van der Waals surface area (Å²) in [5, 5.41) is 13.0. The number of amides is 1. The summed E-state index contributed by atoms with van der Waals surface area (Å²) in [7, 11) is 1.88. The Morgan fingerprint density at radius 1 is 1.19 bits per heavy atom. The fraction of sp³-hybridized carbons (Fsp3) is 0.111. The van der Waals surface area contributed by atoms with Crippen LogP contribution in [0.3, 0.4) is 0 Å². The highest BCUT2D eigenvalue weighted by molar-refractivity contribution is 9.10. The van der Waals surface area contributed by atoms with Crippen LogP contribution in [-0.2, 0) is 11.8 Å². The first-order chi connectivity index (χ1) is 13.0. The molecule has 0 unspecified atom stereocenters. The van der Waals surface area contributed by atoms with Gasteiger partial charge in [0.15, 0.2) is 11.0 Å². The van der Waals surface area contributed by atoms with Gasteiger partial charge in [-0.25, -0.2) is 5.43 Å². The summed E-state index contributed by atoms with van der Waals surface area (Å²) in [6.07, 6.45) is 1.60. The van der Waals surface area contributed by atoms with Crippen LogP contribution >= 0.6 is 43.6 Å². The maximum absolute atomic E-state index is 12.0. The van der Waals surface area contributed by atoms with Crippen LogP contribution in [0.15, 0.2) is 67.7 Å². The molecule has 1 N–H and O–H groups in total. The van der Waals surface area contributed by atoms with Crippen LogP contribution in [0, 0.1) is 0 Å². The summed E-state index contributed by atoms with van der Waals surface area (Å²) in [5.41, 5.74) is 4.37. The SMILES string of the molecule is Cn1c(SCC(=O)NN=Cc2cccc(Br)c2)nnc1-c1ccc(Br)cc1. The molecule has 1 heterocycles. The van der Waals surface area contributed by atoms with Crippen LogP contribution in [0.2, 0.25) is 0 Å². The first-order valence-electron chi connectivity index (χ1n) is 7.88. The van der Waals surface area contributed by atoms with Crippen molar-refractivity contribution in [2.24, 2.45) is 12.1 Å². The van der Waals surface area contributed by atoms with Crippen molar-refractivity contribution in [2.45, 2.75) is 5.16 Å². The number of benzene rings is 2. The summed E-state index contributed by atoms with van der Waals surface area (Å²) in [4.78, 5) is 12.0. The topological polar surface area (TPSA) is 72.2 Å². The standard InChI is InChI=1S/C18H15Br2N5OS/c1-25-17(13-5-7-14(19)8-6-13)23-24-18(25)27-11-16(26)22-21-10-12-3-2-4-15(20)9-12/h2-10H,11H2,1H3,(H,22,26). The predicted molar refractivity (Wildman–Crippen MR) is 115 cm³/mol. The maximum Gasteiger partial charge on any atom is 0.250 e. The van der Waals surface area contributed by atoms with E-state index in [2.05, 4.69) is 52.6 Å². The Hall–Kier alpha value is -1.97. The lowest BCUT2D eigenvalue weighted by molar-refractivity contribution is -0.118. The second-order valence-corrected chi connectivity index (χ2v) is 8.28. The molecule has 27 heavy (non-hydrogen) atoms. The van der Waals surface area contributed by atoms with Crippen molar-refractivity contribution in [3.63, 3.8) is 0 Å². The molecule has 1 amide bonds. The minimum Gasteiger partial charge on any atom is -0.305 e. The second-order valence-electron chi connectivity index (χ2n) is 5.51.